The topological polar surface area (TPSA) is 98.2 Å². The number of nitrogens with zero attached hydrogens (tertiary/aromatic N) is 1. The average Bonchev–Trinajstić information content (AvgIpc) is 3.06. The molecule has 0 radical (unpaired) electrons. The minimum absolute atomic E-state index is 0.104. The quantitative estimate of drug-likeness (QED) is 0.837. The SMILES string of the molecule is CCCNC(=O)C1(CC)C=C(c2ncco2)C=C(C(N)=O)C1. The first-order chi connectivity index (χ1) is 10.5. The van der Waals surface area contributed by atoms with Crippen molar-refractivity contribution in [3.05, 3.63) is 36.1 Å². The van der Waals surface area contributed by atoms with Gasteiger partial charge in [0.1, 0.15) is 6.26 Å². The summed E-state index contributed by atoms with van der Waals surface area (Å²) in [6.07, 6.45) is 8.14. The summed E-state index contributed by atoms with van der Waals surface area (Å²) < 4.78 is 5.29. The van der Waals surface area contributed by atoms with E-state index in [4.69, 9.17) is 10.2 Å². The van der Waals surface area contributed by atoms with Crippen LogP contribution in [0.15, 0.2) is 34.6 Å². The molecule has 0 fully saturated rings. The Kier molecular flexibility index (Phi) is 4.80. The van der Waals surface area contributed by atoms with E-state index in [1.54, 1.807) is 6.08 Å². The van der Waals surface area contributed by atoms with Gasteiger partial charge in [0.05, 0.1) is 11.6 Å². The van der Waals surface area contributed by atoms with Crippen LogP contribution in [0.25, 0.3) is 5.57 Å². The van der Waals surface area contributed by atoms with Crippen molar-refractivity contribution in [2.75, 3.05) is 6.54 Å². The van der Waals surface area contributed by atoms with E-state index in [0.29, 0.717) is 36.4 Å². The lowest BCUT2D eigenvalue weighted by Gasteiger charge is -2.32. The summed E-state index contributed by atoms with van der Waals surface area (Å²) in [5, 5.41) is 2.91. The van der Waals surface area contributed by atoms with Crippen molar-refractivity contribution in [2.45, 2.75) is 33.1 Å². The molecule has 0 saturated carbocycles. The van der Waals surface area contributed by atoms with Crippen molar-refractivity contribution < 1.29 is 14.0 Å². The molecule has 1 aliphatic carbocycles. The molecule has 0 spiro atoms. The van der Waals surface area contributed by atoms with Gasteiger partial charge in [0.2, 0.25) is 17.7 Å². The number of allylic oxidation sites excluding steroid dienone is 2. The minimum atomic E-state index is -0.807. The van der Waals surface area contributed by atoms with Gasteiger partial charge in [0.15, 0.2) is 0 Å². The molecule has 2 rings (SSSR count). The predicted octanol–water partition coefficient (Wildman–Crippen LogP) is 1.80. The van der Waals surface area contributed by atoms with Crippen LogP contribution in [-0.4, -0.2) is 23.3 Å². The van der Waals surface area contributed by atoms with Crippen LogP contribution in [0.2, 0.25) is 0 Å². The predicted molar refractivity (Wildman–Crippen MR) is 82.4 cm³/mol. The van der Waals surface area contributed by atoms with Crippen molar-refractivity contribution >= 4 is 17.4 Å². The van der Waals surface area contributed by atoms with Gasteiger partial charge in [-0.05, 0) is 25.3 Å². The van der Waals surface area contributed by atoms with Crippen molar-refractivity contribution in [3.63, 3.8) is 0 Å². The van der Waals surface area contributed by atoms with Crippen LogP contribution in [0.3, 0.4) is 0 Å². The monoisotopic (exact) mass is 303 g/mol. The van der Waals surface area contributed by atoms with Gasteiger partial charge in [0, 0.05) is 17.7 Å². The van der Waals surface area contributed by atoms with Gasteiger partial charge >= 0.3 is 0 Å². The van der Waals surface area contributed by atoms with Crippen LogP contribution >= 0.6 is 0 Å². The second-order valence-electron chi connectivity index (χ2n) is 5.41. The average molecular weight is 303 g/mol. The summed E-state index contributed by atoms with van der Waals surface area (Å²) in [5.74, 6) is -0.259. The molecule has 1 aromatic rings. The molecule has 6 nitrogen and oxygen atoms in total. The first-order valence-electron chi connectivity index (χ1n) is 7.44. The smallest absolute Gasteiger partial charge is 0.244 e. The van der Waals surface area contributed by atoms with E-state index >= 15 is 0 Å². The summed E-state index contributed by atoms with van der Waals surface area (Å²) in [4.78, 5) is 28.4. The Morgan fingerprint density at radius 3 is 2.77 bits per heavy atom. The van der Waals surface area contributed by atoms with E-state index in [1.165, 1.54) is 12.5 Å². The number of nitrogens with one attached hydrogen (secondary N) is 1. The van der Waals surface area contributed by atoms with Gasteiger partial charge in [0.25, 0.3) is 0 Å². The summed E-state index contributed by atoms with van der Waals surface area (Å²) in [5.41, 5.74) is 5.65. The lowest BCUT2D eigenvalue weighted by molar-refractivity contribution is -0.128. The third kappa shape index (κ3) is 3.10. The van der Waals surface area contributed by atoms with Gasteiger partial charge in [-0.25, -0.2) is 4.98 Å². The second-order valence-corrected chi connectivity index (χ2v) is 5.41. The first kappa shape index (κ1) is 16.0. The molecule has 1 atom stereocenters. The number of aromatic nitrogens is 1. The molecule has 1 heterocycles. The molecule has 1 unspecified atom stereocenters. The second kappa shape index (κ2) is 6.60. The number of nitrogens with two attached hydrogens (primary N) is 1. The highest BCUT2D eigenvalue weighted by atomic mass is 16.3. The zero-order valence-electron chi connectivity index (χ0n) is 12.9. The van der Waals surface area contributed by atoms with Crippen LogP contribution in [0.4, 0.5) is 0 Å². The van der Waals surface area contributed by atoms with E-state index in [0.717, 1.165) is 6.42 Å². The Balaban J connectivity index is 2.43. The molecule has 0 bridgehead atoms. The summed E-state index contributed by atoms with van der Waals surface area (Å²) >= 11 is 0. The van der Waals surface area contributed by atoms with Crippen LogP contribution < -0.4 is 11.1 Å². The van der Waals surface area contributed by atoms with E-state index in [1.807, 2.05) is 19.9 Å². The van der Waals surface area contributed by atoms with Gasteiger partial charge in [-0.15, -0.1) is 0 Å². The highest BCUT2D eigenvalue weighted by molar-refractivity contribution is 5.99. The van der Waals surface area contributed by atoms with Crippen LogP contribution in [0.1, 0.15) is 39.0 Å². The number of carbonyl (C=O) groups excluding carboxylic acids is 2. The Labute approximate surface area is 129 Å². The van der Waals surface area contributed by atoms with Gasteiger partial charge < -0.3 is 15.5 Å². The van der Waals surface area contributed by atoms with Crippen LogP contribution in [0.5, 0.6) is 0 Å². The lowest BCUT2D eigenvalue weighted by atomic mass is 9.73. The zero-order chi connectivity index (χ0) is 16.2. The van der Waals surface area contributed by atoms with Crippen LogP contribution in [-0.2, 0) is 9.59 Å². The van der Waals surface area contributed by atoms with E-state index in [9.17, 15) is 9.59 Å². The standard InChI is InChI=1S/C16H21N3O3/c1-3-5-19-15(21)16(4-2)9-11(13(17)20)8-12(10-16)14-18-6-7-22-14/h6-8,10H,3-5,9H2,1-2H3,(H2,17,20)(H,19,21). The molecular weight excluding hydrogens is 282 g/mol. The van der Waals surface area contributed by atoms with Crippen molar-refractivity contribution in [3.8, 4) is 0 Å². The van der Waals surface area contributed by atoms with Gasteiger partial charge in [-0.2, -0.15) is 0 Å². The molecule has 0 saturated heterocycles. The molecule has 118 valence electrons. The molecule has 1 aromatic heterocycles. The third-order valence-corrected chi connectivity index (χ3v) is 3.88. The normalized spacial score (nSPS) is 21.0. The van der Waals surface area contributed by atoms with Crippen LogP contribution in [0, 0.1) is 5.41 Å². The van der Waals surface area contributed by atoms with E-state index in [2.05, 4.69) is 10.3 Å². The molecule has 2 amide bonds. The molecule has 3 N–H and O–H groups in total. The number of hydrogen-bond acceptors (Lipinski definition) is 4. The van der Waals surface area contributed by atoms with Gasteiger partial charge in [-0.3, -0.25) is 9.59 Å². The lowest BCUT2D eigenvalue weighted by Crippen LogP contribution is -2.42. The van der Waals surface area contributed by atoms with Gasteiger partial charge in [-0.1, -0.05) is 19.9 Å². The number of primary amides is 1. The minimum Gasteiger partial charge on any atom is -0.445 e. The van der Waals surface area contributed by atoms with E-state index in [-0.39, 0.29) is 5.91 Å². The molecule has 6 heteroatoms. The Hall–Kier alpha value is -2.37. The van der Waals surface area contributed by atoms with Crippen molar-refractivity contribution in [1.29, 1.82) is 0 Å². The molecule has 22 heavy (non-hydrogen) atoms. The fourth-order valence-electron chi connectivity index (χ4n) is 2.56. The number of hydrogen-bond donors (Lipinski definition) is 2. The van der Waals surface area contributed by atoms with E-state index < -0.39 is 11.3 Å². The fourth-order valence-corrected chi connectivity index (χ4v) is 2.56. The Morgan fingerprint density at radius 2 is 2.23 bits per heavy atom. The Morgan fingerprint density at radius 1 is 1.45 bits per heavy atom. The highest BCUT2D eigenvalue weighted by Crippen LogP contribution is 2.40. The molecule has 0 aliphatic heterocycles. The molecule has 0 aromatic carbocycles. The summed E-state index contributed by atoms with van der Waals surface area (Å²) in [7, 11) is 0. The Bertz CT molecular complexity index is 617. The molecular formula is C16H21N3O3. The van der Waals surface area contributed by atoms with Crippen molar-refractivity contribution in [1.82, 2.24) is 10.3 Å². The summed E-state index contributed by atoms with van der Waals surface area (Å²) in [6.45, 7) is 4.50. The molecule has 1 aliphatic rings. The zero-order valence-corrected chi connectivity index (χ0v) is 12.9. The number of carbonyl (C=O) groups is 2. The fraction of sp³-hybridized carbons (Fsp3) is 0.438. The van der Waals surface area contributed by atoms with Crippen molar-refractivity contribution in [2.24, 2.45) is 11.1 Å². The largest absolute Gasteiger partial charge is 0.445 e. The third-order valence-electron chi connectivity index (χ3n) is 3.88. The summed E-state index contributed by atoms with van der Waals surface area (Å²) in [6, 6.07) is 0. The maximum Gasteiger partial charge on any atom is 0.244 e. The maximum absolute atomic E-state index is 12.6. The number of amides is 2. The maximum atomic E-state index is 12.6. The number of oxazole rings is 1. The first-order valence-corrected chi connectivity index (χ1v) is 7.44. The highest BCUT2D eigenvalue weighted by Gasteiger charge is 2.39. The number of rotatable bonds is 6.